The van der Waals surface area contributed by atoms with Crippen LogP contribution in [0.25, 0.3) is 0 Å². The molecule has 1 heterocycles. The fourth-order valence-corrected chi connectivity index (χ4v) is 3.43. The van der Waals surface area contributed by atoms with E-state index in [-0.39, 0.29) is 29.9 Å². The number of nitrogens with one attached hydrogen (secondary N) is 1. The number of hydrogen-bond acceptors (Lipinski definition) is 5. The van der Waals surface area contributed by atoms with E-state index in [0.29, 0.717) is 31.9 Å². The number of aromatic nitrogens is 2. The summed E-state index contributed by atoms with van der Waals surface area (Å²) in [6.07, 6.45) is 2.09. The van der Waals surface area contributed by atoms with Gasteiger partial charge in [-0.25, -0.2) is 18.1 Å². The van der Waals surface area contributed by atoms with Crippen LogP contribution in [0.5, 0.6) is 0 Å². The van der Waals surface area contributed by atoms with Gasteiger partial charge in [0.2, 0.25) is 5.91 Å². The van der Waals surface area contributed by atoms with Gasteiger partial charge in [0.05, 0.1) is 6.54 Å². The Balaban J connectivity index is 0.00000364. The van der Waals surface area contributed by atoms with Crippen LogP contribution in [-0.4, -0.2) is 55.0 Å². The Hall–Kier alpha value is -1.94. The number of carbonyl (C=O) groups excluding carboxylic acids is 1. The van der Waals surface area contributed by atoms with Crippen molar-refractivity contribution in [3.05, 3.63) is 47.9 Å². The Bertz CT molecular complexity index is 820. The number of hydrogen-bond donors (Lipinski definition) is 2. The molecule has 0 saturated heterocycles. The molecular formula is C17H26ClN5O3S. The molecule has 0 atom stereocenters. The van der Waals surface area contributed by atoms with Crippen molar-refractivity contribution in [3.63, 3.8) is 0 Å². The van der Waals surface area contributed by atoms with Crippen LogP contribution in [0.1, 0.15) is 11.4 Å². The number of sulfonamides is 1. The second-order valence-corrected chi connectivity index (χ2v) is 7.68. The minimum absolute atomic E-state index is 0. The van der Waals surface area contributed by atoms with E-state index in [2.05, 4.69) is 9.71 Å². The maximum absolute atomic E-state index is 12.4. The summed E-state index contributed by atoms with van der Waals surface area (Å²) in [5, 5.41) is -0.0973. The summed E-state index contributed by atoms with van der Waals surface area (Å²) in [7, 11) is -2.13. The maximum Gasteiger partial charge on any atom is 0.260 e. The molecule has 0 saturated carbocycles. The van der Waals surface area contributed by atoms with Crippen LogP contribution in [0.2, 0.25) is 0 Å². The first kappa shape index (κ1) is 23.1. The molecule has 0 unspecified atom stereocenters. The van der Waals surface area contributed by atoms with Crippen molar-refractivity contribution in [2.24, 2.45) is 12.8 Å². The largest absolute Gasteiger partial charge is 0.340 e. The lowest BCUT2D eigenvalue weighted by Crippen LogP contribution is -2.43. The summed E-state index contributed by atoms with van der Waals surface area (Å²) in [4.78, 5) is 18.0. The van der Waals surface area contributed by atoms with E-state index >= 15 is 0 Å². The number of nitrogens with two attached hydrogens (primary N) is 1. The average Bonchev–Trinajstić information content (AvgIpc) is 2.97. The molecular weight excluding hydrogens is 390 g/mol. The van der Waals surface area contributed by atoms with Gasteiger partial charge in [-0.15, -0.1) is 12.4 Å². The highest BCUT2D eigenvalue weighted by molar-refractivity contribution is 7.89. The molecule has 150 valence electrons. The average molecular weight is 416 g/mol. The van der Waals surface area contributed by atoms with Crippen molar-refractivity contribution in [2.45, 2.75) is 18.4 Å². The number of benzene rings is 1. The van der Waals surface area contributed by atoms with Gasteiger partial charge in [-0.2, -0.15) is 0 Å². The summed E-state index contributed by atoms with van der Waals surface area (Å²) in [5.74, 6) is 0.256. The van der Waals surface area contributed by atoms with Crippen molar-refractivity contribution >= 4 is 28.3 Å². The zero-order chi connectivity index (χ0) is 19.2. The Morgan fingerprint density at radius 3 is 2.48 bits per heavy atom. The molecule has 3 N–H and O–H groups in total. The molecule has 0 spiro atoms. The summed E-state index contributed by atoms with van der Waals surface area (Å²) >= 11 is 0. The molecule has 10 heteroatoms. The highest BCUT2D eigenvalue weighted by Crippen LogP contribution is 2.07. The number of carbonyl (C=O) groups is 1. The Kier molecular flexibility index (Phi) is 8.91. The zero-order valence-corrected chi connectivity index (χ0v) is 17.1. The number of nitrogens with zero attached hydrogens (tertiary/aromatic N) is 3. The molecule has 0 bridgehead atoms. The third-order valence-electron chi connectivity index (χ3n) is 4.04. The summed E-state index contributed by atoms with van der Waals surface area (Å²) in [6, 6.07) is 9.77. The lowest BCUT2D eigenvalue weighted by atomic mass is 10.1. The van der Waals surface area contributed by atoms with Gasteiger partial charge in [0.1, 0.15) is 5.82 Å². The van der Waals surface area contributed by atoms with Crippen LogP contribution in [0.4, 0.5) is 0 Å². The Labute approximate surface area is 166 Å². The SMILES string of the molecule is Cc1nc(S(=O)(=O)NCC(=O)N(CCN)CCc2ccccc2)cn1C.Cl. The molecule has 1 aromatic heterocycles. The van der Waals surface area contributed by atoms with Crippen LogP contribution in [-0.2, 0) is 28.3 Å². The molecule has 2 rings (SSSR count). The van der Waals surface area contributed by atoms with E-state index in [9.17, 15) is 13.2 Å². The van der Waals surface area contributed by atoms with Gasteiger partial charge in [-0.1, -0.05) is 30.3 Å². The molecule has 1 amide bonds. The Morgan fingerprint density at radius 2 is 1.93 bits per heavy atom. The third kappa shape index (κ3) is 6.62. The van der Waals surface area contributed by atoms with Crippen LogP contribution in [0, 0.1) is 6.92 Å². The van der Waals surface area contributed by atoms with Crippen LogP contribution in [0.15, 0.2) is 41.6 Å². The highest BCUT2D eigenvalue weighted by Gasteiger charge is 2.21. The van der Waals surface area contributed by atoms with Gasteiger partial charge in [-0.3, -0.25) is 4.79 Å². The fourth-order valence-electron chi connectivity index (χ4n) is 2.42. The first-order chi connectivity index (χ1) is 12.3. The second kappa shape index (κ2) is 10.4. The van der Waals surface area contributed by atoms with Crippen molar-refractivity contribution in [1.82, 2.24) is 19.2 Å². The number of rotatable bonds is 9. The molecule has 8 nitrogen and oxygen atoms in total. The van der Waals surface area contributed by atoms with Gasteiger partial charge in [0, 0.05) is 32.9 Å². The third-order valence-corrected chi connectivity index (χ3v) is 5.31. The second-order valence-electron chi connectivity index (χ2n) is 5.97. The van der Waals surface area contributed by atoms with E-state index < -0.39 is 10.0 Å². The fraction of sp³-hybridized carbons (Fsp3) is 0.412. The van der Waals surface area contributed by atoms with Gasteiger partial charge < -0.3 is 15.2 Å². The summed E-state index contributed by atoms with van der Waals surface area (Å²) in [6.45, 7) is 2.54. The van der Waals surface area contributed by atoms with Crippen molar-refractivity contribution in [2.75, 3.05) is 26.2 Å². The Morgan fingerprint density at radius 1 is 1.26 bits per heavy atom. The van der Waals surface area contributed by atoms with E-state index in [1.807, 2.05) is 30.3 Å². The monoisotopic (exact) mass is 415 g/mol. The molecule has 27 heavy (non-hydrogen) atoms. The minimum atomic E-state index is -3.83. The van der Waals surface area contributed by atoms with Gasteiger partial charge in [-0.05, 0) is 18.9 Å². The van der Waals surface area contributed by atoms with Gasteiger partial charge in [0.25, 0.3) is 10.0 Å². The van der Waals surface area contributed by atoms with Gasteiger partial charge >= 0.3 is 0 Å². The molecule has 0 aliphatic rings. The van der Waals surface area contributed by atoms with Crippen LogP contribution < -0.4 is 10.5 Å². The maximum atomic E-state index is 12.4. The van der Waals surface area contributed by atoms with Crippen molar-refractivity contribution < 1.29 is 13.2 Å². The van der Waals surface area contributed by atoms with Crippen LogP contribution in [0.3, 0.4) is 0 Å². The zero-order valence-electron chi connectivity index (χ0n) is 15.5. The number of imidazole rings is 1. The van der Waals surface area contributed by atoms with Gasteiger partial charge in [0.15, 0.2) is 5.03 Å². The number of halogens is 1. The molecule has 0 aliphatic heterocycles. The predicted molar refractivity (Wildman–Crippen MR) is 106 cm³/mol. The first-order valence-electron chi connectivity index (χ1n) is 8.35. The molecule has 0 radical (unpaired) electrons. The molecule has 1 aromatic carbocycles. The van der Waals surface area contributed by atoms with E-state index in [0.717, 1.165) is 5.56 Å². The molecule has 0 aliphatic carbocycles. The first-order valence-corrected chi connectivity index (χ1v) is 9.83. The van der Waals surface area contributed by atoms with Crippen molar-refractivity contribution in [1.29, 1.82) is 0 Å². The topological polar surface area (TPSA) is 110 Å². The summed E-state index contributed by atoms with van der Waals surface area (Å²) < 4.78 is 28.5. The standard InChI is InChI=1S/C17H25N5O3S.ClH/c1-14-20-16(13-21(14)2)26(24,25)19-12-17(23)22(11-9-18)10-8-15-6-4-3-5-7-15;/h3-7,13,19H,8-12,18H2,1-2H3;1H. The van der Waals surface area contributed by atoms with Crippen LogP contribution >= 0.6 is 12.4 Å². The molecule has 2 aromatic rings. The van der Waals surface area contributed by atoms with E-state index in [4.69, 9.17) is 5.73 Å². The predicted octanol–water partition coefficient (Wildman–Crippen LogP) is 0.459. The van der Waals surface area contributed by atoms with E-state index in [1.165, 1.54) is 6.20 Å². The lowest BCUT2D eigenvalue weighted by molar-refractivity contribution is -0.129. The lowest BCUT2D eigenvalue weighted by Gasteiger charge is -2.22. The summed E-state index contributed by atoms with van der Waals surface area (Å²) in [5.41, 5.74) is 6.69. The van der Waals surface area contributed by atoms with Crippen molar-refractivity contribution in [3.8, 4) is 0 Å². The van der Waals surface area contributed by atoms with E-state index in [1.54, 1.807) is 23.4 Å². The number of aryl methyl sites for hydroxylation is 2. The highest BCUT2D eigenvalue weighted by atomic mass is 35.5. The smallest absolute Gasteiger partial charge is 0.260 e. The molecule has 0 fully saturated rings. The number of amides is 1. The normalized spacial score (nSPS) is 11.1. The minimum Gasteiger partial charge on any atom is -0.340 e. The quantitative estimate of drug-likeness (QED) is 0.618.